The van der Waals surface area contributed by atoms with Crippen LogP contribution in [0.15, 0.2) is 18.3 Å². The molecule has 0 aliphatic rings. The summed E-state index contributed by atoms with van der Waals surface area (Å²) in [5, 5.41) is 2.98. The van der Waals surface area contributed by atoms with E-state index in [2.05, 4.69) is 10.3 Å². The zero-order valence-electron chi connectivity index (χ0n) is 8.50. The molecular formula is C10H13ClN2O2. The molecule has 0 bridgehead atoms. The Balaban J connectivity index is 2.41. The number of carbonyl (C=O) groups is 1. The van der Waals surface area contributed by atoms with E-state index >= 15 is 0 Å². The highest BCUT2D eigenvalue weighted by atomic mass is 35.5. The Kier molecular flexibility index (Phi) is 5.07. The lowest BCUT2D eigenvalue weighted by molar-refractivity contribution is -0.120. The SMILES string of the molecule is CCCOCC(=O)Nc1ncccc1Cl. The Hall–Kier alpha value is -1.13. The van der Waals surface area contributed by atoms with E-state index in [0.717, 1.165) is 6.42 Å². The second-order valence-corrected chi connectivity index (χ2v) is 3.34. The van der Waals surface area contributed by atoms with Crippen LogP contribution in [0.25, 0.3) is 0 Å². The van der Waals surface area contributed by atoms with Crippen molar-refractivity contribution in [3.8, 4) is 0 Å². The van der Waals surface area contributed by atoms with Gasteiger partial charge in [-0.25, -0.2) is 4.98 Å². The second-order valence-electron chi connectivity index (χ2n) is 2.93. The molecule has 5 heteroatoms. The molecule has 1 N–H and O–H groups in total. The summed E-state index contributed by atoms with van der Waals surface area (Å²) >= 11 is 5.81. The molecule has 1 rings (SSSR count). The van der Waals surface area contributed by atoms with Gasteiger partial charge < -0.3 is 10.1 Å². The van der Waals surface area contributed by atoms with E-state index in [-0.39, 0.29) is 12.5 Å². The Bertz CT molecular complexity index is 331. The number of nitrogens with one attached hydrogen (secondary N) is 1. The van der Waals surface area contributed by atoms with Crippen LogP contribution >= 0.6 is 11.6 Å². The number of pyridine rings is 1. The van der Waals surface area contributed by atoms with Crippen molar-refractivity contribution in [2.45, 2.75) is 13.3 Å². The standard InChI is InChI=1S/C10H13ClN2O2/c1-2-6-15-7-9(14)13-10-8(11)4-3-5-12-10/h3-5H,2,6-7H2,1H3,(H,12,13,14). The summed E-state index contributed by atoms with van der Waals surface area (Å²) in [6.07, 6.45) is 2.45. The van der Waals surface area contributed by atoms with Crippen molar-refractivity contribution in [2.24, 2.45) is 0 Å². The van der Waals surface area contributed by atoms with Gasteiger partial charge in [0.1, 0.15) is 6.61 Å². The Morgan fingerprint density at radius 2 is 2.47 bits per heavy atom. The largest absolute Gasteiger partial charge is 0.372 e. The van der Waals surface area contributed by atoms with E-state index in [4.69, 9.17) is 16.3 Å². The molecule has 1 amide bonds. The minimum Gasteiger partial charge on any atom is -0.372 e. The fraction of sp³-hybridized carbons (Fsp3) is 0.400. The highest BCUT2D eigenvalue weighted by molar-refractivity contribution is 6.33. The van der Waals surface area contributed by atoms with E-state index < -0.39 is 0 Å². The van der Waals surface area contributed by atoms with Gasteiger partial charge in [-0.15, -0.1) is 0 Å². The highest BCUT2D eigenvalue weighted by Crippen LogP contribution is 2.16. The van der Waals surface area contributed by atoms with Crippen LogP contribution in [0.3, 0.4) is 0 Å². The van der Waals surface area contributed by atoms with Crippen LogP contribution in [0.4, 0.5) is 5.82 Å². The first-order chi connectivity index (χ1) is 7.24. The number of nitrogens with zero attached hydrogens (tertiary/aromatic N) is 1. The summed E-state index contributed by atoms with van der Waals surface area (Å²) in [4.78, 5) is 15.2. The maximum atomic E-state index is 11.3. The van der Waals surface area contributed by atoms with Gasteiger partial charge in [0, 0.05) is 12.8 Å². The van der Waals surface area contributed by atoms with Gasteiger partial charge >= 0.3 is 0 Å². The Labute approximate surface area is 93.6 Å². The van der Waals surface area contributed by atoms with Gasteiger partial charge in [-0.2, -0.15) is 0 Å². The molecule has 0 spiro atoms. The summed E-state index contributed by atoms with van der Waals surface area (Å²) < 4.78 is 5.07. The van der Waals surface area contributed by atoms with E-state index in [9.17, 15) is 4.79 Å². The molecule has 0 radical (unpaired) electrons. The predicted molar refractivity (Wildman–Crippen MR) is 59.0 cm³/mol. The number of hydrogen-bond donors (Lipinski definition) is 1. The van der Waals surface area contributed by atoms with Crippen LogP contribution in [-0.4, -0.2) is 24.1 Å². The van der Waals surface area contributed by atoms with Gasteiger partial charge in [-0.05, 0) is 18.6 Å². The summed E-state index contributed by atoms with van der Waals surface area (Å²) in [6.45, 7) is 2.58. The summed E-state index contributed by atoms with van der Waals surface area (Å²) in [5.74, 6) is 0.119. The van der Waals surface area contributed by atoms with Gasteiger partial charge in [0.2, 0.25) is 0 Å². The molecule has 0 atom stereocenters. The lowest BCUT2D eigenvalue weighted by Gasteiger charge is -2.05. The van der Waals surface area contributed by atoms with Crippen molar-refractivity contribution in [2.75, 3.05) is 18.5 Å². The number of carbonyl (C=O) groups excluding carboxylic acids is 1. The molecule has 0 aromatic carbocycles. The fourth-order valence-corrected chi connectivity index (χ4v) is 1.12. The van der Waals surface area contributed by atoms with Crippen LogP contribution in [0, 0.1) is 0 Å². The molecular weight excluding hydrogens is 216 g/mol. The maximum absolute atomic E-state index is 11.3. The first-order valence-corrected chi connectivity index (χ1v) is 5.10. The zero-order chi connectivity index (χ0) is 11.1. The molecule has 15 heavy (non-hydrogen) atoms. The number of halogens is 1. The molecule has 0 aliphatic heterocycles. The van der Waals surface area contributed by atoms with Crippen LogP contribution < -0.4 is 5.32 Å². The third-order valence-electron chi connectivity index (χ3n) is 1.60. The molecule has 0 fully saturated rings. The summed E-state index contributed by atoms with van der Waals surface area (Å²) in [6, 6.07) is 3.36. The van der Waals surface area contributed by atoms with Gasteiger partial charge in [0.05, 0.1) is 5.02 Å². The fourth-order valence-electron chi connectivity index (χ4n) is 0.955. The van der Waals surface area contributed by atoms with Crippen LogP contribution in [0.5, 0.6) is 0 Å². The van der Waals surface area contributed by atoms with E-state index in [1.165, 1.54) is 0 Å². The van der Waals surface area contributed by atoms with Crippen molar-refractivity contribution in [1.82, 2.24) is 4.98 Å². The van der Waals surface area contributed by atoms with Gasteiger partial charge in [0.15, 0.2) is 5.82 Å². The van der Waals surface area contributed by atoms with Crippen molar-refractivity contribution in [1.29, 1.82) is 0 Å². The van der Waals surface area contributed by atoms with Crippen LogP contribution in [0.1, 0.15) is 13.3 Å². The number of rotatable bonds is 5. The lowest BCUT2D eigenvalue weighted by Crippen LogP contribution is -2.19. The zero-order valence-corrected chi connectivity index (χ0v) is 9.25. The number of aromatic nitrogens is 1. The number of ether oxygens (including phenoxy) is 1. The minimum absolute atomic E-state index is 0.0285. The van der Waals surface area contributed by atoms with E-state index in [0.29, 0.717) is 17.4 Å². The number of hydrogen-bond acceptors (Lipinski definition) is 3. The quantitative estimate of drug-likeness (QED) is 0.786. The average Bonchev–Trinajstić information content (AvgIpc) is 2.22. The molecule has 0 saturated carbocycles. The molecule has 1 heterocycles. The predicted octanol–water partition coefficient (Wildman–Crippen LogP) is 2.10. The van der Waals surface area contributed by atoms with Gasteiger partial charge in [-0.1, -0.05) is 18.5 Å². The van der Waals surface area contributed by atoms with Crippen molar-refractivity contribution < 1.29 is 9.53 Å². The summed E-state index contributed by atoms with van der Waals surface area (Å²) in [5.41, 5.74) is 0. The molecule has 0 aliphatic carbocycles. The average molecular weight is 229 g/mol. The Morgan fingerprint density at radius 1 is 1.67 bits per heavy atom. The van der Waals surface area contributed by atoms with Crippen molar-refractivity contribution >= 4 is 23.3 Å². The third-order valence-corrected chi connectivity index (χ3v) is 1.90. The van der Waals surface area contributed by atoms with Gasteiger partial charge in [0.25, 0.3) is 5.91 Å². The molecule has 1 aromatic heterocycles. The number of anilines is 1. The Morgan fingerprint density at radius 3 is 3.13 bits per heavy atom. The van der Waals surface area contributed by atoms with Gasteiger partial charge in [-0.3, -0.25) is 4.79 Å². The first-order valence-electron chi connectivity index (χ1n) is 4.72. The molecule has 82 valence electrons. The van der Waals surface area contributed by atoms with Crippen LogP contribution in [-0.2, 0) is 9.53 Å². The second kappa shape index (κ2) is 6.37. The smallest absolute Gasteiger partial charge is 0.251 e. The van der Waals surface area contributed by atoms with Crippen LogP contribution in [0.2, 0.25) is 5.02 Å². The van der Waals surface area contributed by atoms with Crippen molar-refractivity contribution in [3.05, 3.63) is 23.4 Å². The monoisotopic (exact) mass is 228 g/mol. The van der Waals surface area contributed by atoms with E-state index in [1.807, 2.05) is 6.92 Å². The normalized spacial score (nSPS) is 10.0. The molecule has 1 aromatic rings. The molecule has 4 nitrogen and oxygen atoms in total. The first kappa shape index (κ1) is 11.9. The molecule has 0 unspecified atom stereocenters. The highest BCUT2D eigenvalue weighted by Gasteiger charge is 2.05. The topological polar surface area (TPSA) is 51.2 Å². The number of amides is 1. The minimum atomic E-state index is -0.246. The van der Waals surface area contributed by atoms with Crippen molar-refractivity contribution in [3.63, 3.8) is 0 Å². The third kappa shape index (κ3) is 4.27. The molecule has 0 saturated heterocycles. The van der Waals surface area contributed by atoms with E-state index in [1.54, 1.807) is 18.3 Å². The maximum Gasteiger partial charge on any atom is 0.251 e. The lowest BCUT2D eigenvalue weighted by atomic mass is 10.4. The summed E-state index contributed by atoms with van der Waals surface area (Å²) in [7, 11) is 0.